The van der Waals surface area contributed by atoms with Gasteiger partial charge in [0.15, 0.2) is 0 Å². The van der Waals surface area contributed by atoms with Gasteiger partial charge in [0.1, 0.15) is 0 Å². The quantitative estimate of drug-likeness (QED) is 0.213. The molecule has 0 bridgehead atoms. The molecule has 0 unspecified atom stereocenters. The van der Waals surface area contributed by atoms with Crippen LogP contribution in [-0.2, 0) is 19.2 Å². The van der Waals surface area contributed by atoms with Crippen molar-refractivity contribution in [3.8, 4) is 0 Å². The fourth-order valence-electron chi connectivity index (χ4n) is 2.64. The number of hydrogen-bond donors (Lipinski definition) is 6. The number of benzene rings is 1. The third kappa shape index (κ3) is 14.0. The molecule has 2 N–H and O–H groups in total. The molecule has 0 atom stereocenters. The molecule has 0 aromatic heterocycles. The Morgan fingerprint density at radius 1 is 0.794 bits per heavy atom. The molecule has 34 heavy (non-hydrogen) atoms. The lowest BCUT2D eigenvalue weighted by Gasteiger charge is -2.20. The molecule has 1 rings (SSSR count). The summed E-state index contributed by atoms with van der Waals surface area (Å²) < 4.78 is 0. The average Bonchev–Trinajstić information content (AvgIpc) is 2.83. The maximum Gasteiger partial charge on any atom is 0.244 e. The van der Waals surface area contributed by atoms with E-state index in [0.29, 0.717) is 60.3 Å². The van der Waals surface area contributed by atoms with E-state index in [1.54, 1.807) is 26.0 Å². The van der Waals surface area contributed by atoms with Crippen LogP contribution in [-0.4, -0.2) is 83.4 Å². The maximum absolute atomic E-state index is 11.9. The number of carbonyl (C=O) groups is 4. The van der Waals surface area contributed by atoms with E-state index in [2.05, 4.69) is 61.1 Å². The van der Waals surface area contributed by atoms with Gasteiger partial charge < -0.3 is 20.4 Å². The van der Waals surface area contributed by atoms with Crippen LogP contribution in [0.4, 0.5) is 5.69 Å². The molecule has 0 heterocycles. The van der Waals surface area contributed by atoms with Gasteiger partial charge in [-0.2, -0.15) is 37.9 Å². The highest BCUT2D eigenvalue weighted by atomic mass is 32.1. The molecule has 0 aliphatic heterocycles. The van der Waals surface area contributed by atoms with E-state index in [1.807, 2.05) is 12.1 Å². The van der Waals surface area contributed by atoms with E-state index < -0.39 is 0 Å². The highest BCUT2D eigenvalue weighted by molar-refractivity contribution is 7.80. The normalized spacial score (nSPS) is 9.94. The van der Waals surface area contributed by atoms with Gasteiger partial charge in [0, 0.05) is 54.6 Å². The molecule has 0 saturated heterocycles. The molecule has 8 nitrogen and oxygen atoms in total. The van der Waals surface area contributed by atoms with E-state index in [0.717, 1.165) is 0 Å². The molecule has 0 fully saturated rings. The van der Waals surface area contributed by atoms with Crippen molar-refractivity contribution in [2.45, 2.75) is 31.6 Å². The van der Waals surface area contributed by atoms with Crippen molar-refractivity contribution in [2.75, 3.05) is 55.3 Å². The number of amides is 4. The maximum atomic E-state index is 11.9. The Morgan fingerprint density at radius 2 is 1.29 bits per heavy atom. The van der Waals surface area contributed by atoms with Crippen molar-refractivity contribution >= 4 is 79.8 Å². The van der Waals surface area contributed by atoms with E-state index >= 15 is 0 Å². The summed E-state index contributed by atoms with van der Waals surface area (Å²) in [6, 6.07) is 7.22. The zero-order valence-electron chi connectivity index (χ0n) is 19.7. The number of para-hydroxylation sites is 1. The highest BCUT2D eigenvalue weighted by Crippen LogP contribution is 2.18. The van der Waals surface area contributed by atoms with Crippen molar-refractivity contribution in [3.05, 3.63) is 24.3 Å². The summed E-state index contributed by atoms with van der Waals surface area (Å²) in [6.07, 6.45) is 0.790. The van der Waals surface area contributed by atoms with Gasteiger partial charge in [-0.25, -0.2) is 0 Å². The monoisotopic (exact) mass is 548 g/mol. The first kappa shape index (κ1) is 32.5. The summed E-state index contributed by atoms with van der Waals surface area (Å²) >= 11 is 16.4. The second-order valence-corrected chi connectivity index (χ2v) is 8.75. The third-order valence-corrected chi connectivity index (χ3v) is 5.34. The summed E-state index contributed by atoms with van der Waals surface area (Å²) in [5, 5.41) is 5.41. The predicted molar refractivity (Wildman–Crippen MR) is 151 cm³/mol. The van der Waals surface area contributed by atoms with Crippen molar-refractivity contribution in [1.82, 2.24) is 15.1 Å². The molecule has 0 spiro atoms. The van der Waals surface area contributed by atoms with Crippen molar-refractivity contribution in [3.63, 3.8) is 0 Å². The highest BCUT2D eigenvalue weighted by Gasteiger charge is 2.16. The van der Waals surface area contributed by atoms with Crippen LogP contribution in [0.15, 0.2) is 29.2 Å². The largest absolute Gasteiger partial charge is 0.354 e. The topological polar surface area (TPSA) is 98.8 Å². The number of carbonyl (C=O) groups excluding carboxylic acids is 4. The smallest absolute Gasteiger partial charge is 0.244 e. The van der Waals surface area contributed by atoms with Crippen LogP contribution in [0.1, 0.15) is 26.7 Å². The van der Waals surface area contributed by atoms with E-state index in [9.17, 15) is 19.2 Å². The van der Waals surface area contributed by atoms with Crippen LogP contribution < -0.4 is 10.6 Å². The molecular weight excluding hydrogens is 513 g/mol. The lowest BCUT2D eigenvalue weighted by Crippen LogP contribution is -2.41. The molecule has 4 amide bonds. The van der Waals surface area contributed by atoms with Crippen LogP contribution >= 0.6 is 50.5 Å². The van der Waals surface area contributed by atoms with Crippen LogP contribution in [0.5, 0.6) is 0 Å². The van der Waals surface area contributed by atoms with E-state index in [4.69, 9.17) is 0 Å². The average molecular weight is 549 g/mol. The summed E-state index contributed by atoms with van der Waals surface area (Å²) in [6.45, 7) is 5.19. The molecule has 0 saturated carbocycles. The van der Waals surface area contributed by atoms with Gasteiger partial charge in [-0.15, -0.1) is 12.6 Å². The first-order chi connectivity index (χ1) is 16.2. The number of anilines is 1. The SMILES string of the molecule is CCC(=O)N(CCS)CC(=O)NCCS.CCC(=O)N(CCS)CC(=O)Nc1ccccc1S. The lowest BCUT2D eigenvalue weighted by molar-refractivity contribution is -0.135. The predicted octanol–water partition coefficient (Wildman–Crippen LogP) is 2.28. The Hall–Kier alpha value is -1.50. The minimum absolute atomic E-state index is 0.0231. The molecule has 0 aliphatic carbocycles. The van der Waals surface area contributed by atoms with Crippen molar-refractivity contribution < 1.29 is 19.2 Å². The number of thiol groups is 4. The minimum Gasteiger partial charge on any atom is -0.354 e. The second kappa shape index (κ2) is 19.8. The van der Waals surface area contributed by atoms with Crippen LogP contribution in [0, 0.1) is 0 Å². The van der Waals surface area contributed by atoms with Crippen LogP contribution in [0.25, 0.3) is 0 Å². The Kier molecular flexibility index (Phi) is 18.9. The molecule has 1 aromatic rings. The van der Waals surface area contributed by atoms with Gasteiger partial charge in [-0.1, -0.05) is 26.0 Å². The zero-order chi connectivity index (χ0) is 25.9. The molecule has 0 aliphatic rings. The van der Waals surface area contributed by atoms with Gasteiger partial charge in [0.05, 0.1) is 18.8 Å². The Balaban J connectivity index is 0.000000661. The summed E-state index contributed by atoms with van der Waals surface area (Å²) in [5.74, 6) is 1.24. The molecule has 1 aromatic carbocycles. The Morgan fingerprint density at radius 3 is 1.74 bits per heavy atom. The van der Waals surface area contributed by atoms with E-state index in [1.165, 1.54) is 9.80 Å². The number of rotatable bonds is 13. The standard InChI is InChI=1S/C13H18N2O2S2.C9H18N2O2S2/c1-2-13(17)15(7-8-18)9-12(16)14-10-5-3-4-6-11(10)19;1-2-9(13)11(4-6-15)7-8(12)10-3-5-14/h3-6,18-19H,2,7-9H2,1H3,(H,14,16);14-15H,2-7H2,1H3,(H,10,12). The number of hydrogen-bond acceptors (Lipinski definition) is 8. The van der Waals surface area contributed by atoms with Crippen LogP contribution in [0.2, 0.25) is 0 Å². The summed E-state index contributed by atoms with van der Waals surface area (Å²) in [7, 11) is 0. The molecule has 0 radical (unpaired) electrons. The van der Waals surface area contributed by atoms with Gasteiger partial charge in [0.25, 0.3) is 0 Å². The fraction of sp³-hybridized carbons (Fsp3) is 0.545. The first-order valence-corrected chi connectivity index (χ1v) is 13.3. The molecule has 192 valence electrons. The van der Waals surface area contributed by atoms with Crippen LogP contribution in [0.3, 0.4) is 0 Å². The second-order valence-electron chi connectivity index (χ2n) is 6.92. The Bertz CT molecular complexity index is 783. The summed E-state index contributed by atoms with van der Waals surface area (Å²) in [4.78, 5) is 50.0. The van der Waals surface area contributed by atoms with Gasteiger partial charge in [-0.05, 0) is 12.1 Å². The van der Waals surface area contributed by atoms with E-state index in [-0.39, 0.29) is 36.7 Å². The van der Waals surface area contributed by atoms with Gasteiger partial charge in [0.2, 0.25) is 23.6 Å². The third-order valence-electron chi connectivity index (χ3n) is 4.33. The summed E-state index contributed by atoms with van der Waals surface area (Å²) in [5.41, 5.74) is 0.644. The molecular formula is C22H36N4O4S4. The van der Waals surface area contributed by atoms with Gasteiger partial charge in [-0.3, -0.25) is 19.2 Å². The molecule has 12 heteroatoms. The fourth-order valence-corrected chi connectivity index (χ4v) is 3.45. The lowest BCUT2D eigenvalue weighted by atomic mass is 10.3. The van der Waals surface area contributed by atoms with Gasteiger partial charge >= 0.3 is 0 Å². The first-order valence-electron chi connectivity index (χ1n) is 11.0. The van der Waals surface area contributed by atoms with Crippen molar-refractivity contribution in [2.24, 2.45) is 0 Å². The number of nitrogens with zero attached hydrogens (tertiary/aromatic N) is 2. The minimum atomic E-state index is -0.231. The Labute approximate surface area is 224 Å². The number of nitrogens with one attached hydrogen (secondary N) is 2. The van der Waals surface area contributed by atoms with Crippen molar-refractivity contribution in [1.29, 1.82) is 0 Å². The zero-order valence-corrected chi connectivity index (χ0v) is 23.3.